The maximum absolute atomic E-state index is 13.0. The number of rotatable bonds is 10. The number of carbonyl (C=O) groups excluding carboxylic acids is 1. The minimum Gasteiger partial charge on any atom is -0.355 e. The summed E-state index contributed by atoms with van der Waals surface area (Å²) < 4.78 is 0. The second-order valence-corrected chi connectivity index (χ2v) is 22.8. The Labute approximate surface area is 296 Å². The second-order valence-electron chi connectivity index (χ2n) is 18.2. The summed E-state index contributed by atoms with van der Waals surface area (Å²) in [6.07, 6.45) is 19.3. The van der Waals surface area contributed by atoms with Gasteiger partial charge in [-0.3, -0.25) is 4.79 Å². The van der Waals surface area contributed by atoms with Crippen molar-refractivity contribution >= 4 is 51.5 Å². The van der Waals surface area contributed by atoms with Crippen molar-refractivity contribution in [1.82, 2.24) is 10.6 Å². The lowest BCUT2D eigenvalue weighted by Crippen LogP contribution is -2.51. The first kappa shape index (κ1) is 33.5. The number of carbonyl (C=O) groups is 1. The Hall–Kier alpha value is -2.69. The van der Waals surface area contributed by atoms with Crippen LogP contribution in [0.25, 0.3) is 32.3 Å². The maximum Gasteiger partial charge on any atom is 0.220 e. The molecule has 0 bridgehead atoms. The Morgan fingerprint density at radius 3 is 2.37 bits per heavy atom. The van der Waals surface area contributed by atoms with E-state index in [1.165, 1.54) is 88.9 Å². The molecule has 2 N–H and O–H groups in total. The smallest absolute Gasteiger partial charge is 0.220 e. The summed E-state index contributed by atoms with van der Waals surface area (Å²) >= 11 is 0. The Kier molecular flexibility index (Phi) is 8.75. The van der Waals surface area contributed by atoms with Crippen molar-refractivity contribution in [3.05, 3.63) is 66.7 Å². The minimum atomic E-state index is -1.77. The predicted molar refractivity (Wildman–Crippen MR) is 211 cm³/mol. The lowest BCUT2D eigenvalue weighted by atomic mass is 9.46. The van der Waals surface area contributed by atoms with Crippen molar-refractivity contribution in [1.29, 1.82) is 0 Å². The van der Waals surface area contributed by atoms with Gasteiger partial charge in [-0.05, 0) is 130 Å². The molecule has 4 aliphatic carbocycles. The topological polar surface area (TPSA) is 41.1 Å². The van der Waals surface area contributed by atoms with E-state index >= 15 is 0 Å². The molecule has 49 heavy (non-hydrogen) atoms. The van der Waals surface area contributed by atoms with E-state index in [1.54, 1.807) is 0 Å². The third kappa shape index (κ3) is 5.68. The summed E-state index contributed by atoms with van der Waals surface area (Å²) in [5, 5.41) is 16.7. The number of amides is 1. The Bertz CT molecular complexity index is 1850. The van der Waals surface area contributed by atoms with Crippen molar-refractivity contribution < 1.29 is 4.79 Å². The van der Waals surface area contributed by atoms with Crippen molar-refractivity contribution in [2.45, 2.75) is 98.1 Å². The highest BCUT2D eigenvalue weighted by Crippen LogP contribution is 2.67. The SMILES string of the molecule is C[C@H](CCC(=O)NCCNC[Si](C)(C)c1ccc2ccc3cccc4ccc1c2c34)[C@H]1CC[C@H]2[C@@H]3C=C[C@H]4CCCC[C@]4(C)[C@H]3CC[C@]12C. The van der Waals surface area contributed by atoms with E-state index in [2.05, 4.69) is 111 Å². The Morgan fingerprint density at radius 1 is 0.816 bits per heavy atom. The van der Waals surface area contributed by atoms with Gasteiger partial charge in [0, 0.05) is 19.5 Å². The molecule has 4 aliphatic rings. The van der Waals surface area contributed by atoms with Crippen molar-refractivity contribution in [3.63, 3.8) is 0 Å². The summed E-state index contributed by atoms with van der Waals surface area (Å²) in [5.74, 6) is 4.93. The molecule has 1 amide bonds. The molecule has 0 unspecified atom stereocenters. The van der Waals surface area contributed by atoms with Crippen LogP contribution >= 0.6 is 0 Å². The van der Waals surface area contributed by atoms with Gasteiger partial charge in [-0.1, -0.05) is 119 Å². The zero-order valence-corrected chi connectivity index (χ0v) is 31.9. The standard InChI is InChI=1S/C45H60N2OSi/c1-30(37-20-21-38-35-19-17-34-11-6-7-25-44(34,2)39(35)24-26-45(37,38)3)12-23-41(48)47-28-27-46-29-49(4,5)40-22-16-33-14-13-31-9-8-10-32-15-18-36(40)43(33)42(31)32/h8-10,13-19,22,30,34-35,37-39,46H,6-7,11-12,20-21,23-29H2,1-5H3,(H,47,48)/t30-,34-,35+,37-,38+,39+,44+,45-/m1/s1. The summed E-state index contributed by atoms with van der Waals surface area (Å²) in [5.41, 5.74) is 0.978. The molecule has 0 aliphatic heterocycles. The molecular formula is C45H60N2OSi. The molecule has 3 nitrogen and oxygen atoms in total. The van der Waals surface area contributed by atoms with Crippen LogP contribution in [0.15, 0.2) is 66.7 Å². The molecular weight excluding hydrogens is 613 g/mol. The van der Waals surface area contributed by atoms with E-state index in [1.807, 2.05) is 0 Å². The summed E-state index contributed by atoms with van der Waals surface area (Å²) in [7, 11) is -1.77. The van der Waals surface area contributed by atoms with Crippen LogP contribution in [-0.4, -0.2) is 33.2 Å². The van der Waals surface area contributed by atoms with Crippen molar-refractivity contribution in [3.8, 4) is 0 Å². The van der Waals surface area contributed by atoms with Gasteiger partial charge in [-0.25, -0.2) is 0 Å². The zero-order valence-electron chi connectivity index (χ0n) is 30.9. The van der Waals surface area contributed by atoms with Crippen LogP contribution in [0.5, 0.6) is 0 Å². The zero-order chi connectivity index (χ0) is 34.0. The number of nitrogens with one attached hydrogen (secondary N) is 2. The number of hydrogen-bond acceptors (Lipinski definition) is 2. The van der Waals surface area contributed by atoms with Crippen molar-refractivity contribution in [2.24, 2.45) is 46.3 Å². The van der Waals surface area contributed by atoms with E-state index in [4.69, 9.17) is 0 Å². The van der Waals surface area contributed by atoms with Crippen LogP contribution in [0.4, 0.5) is 0 Å². The van der Waals surface area contributed by atoms with Gasteiger partial charge in [0.05, 0.1) is 8.07 Å². The van der Waals surface area contributed by atoms with E-state index < -0.39 is 8.07 Å². The van der Waals surface area contributed by atoms with Gasteiger partial charge < -0.3 is 10.6 Å². The largest absolute Gasteiger partial charge is 0.355 e. The molecule has 8 atom stereocenters. The first-order valence-electron chi connectivity index (χ1n) is 19.9. The average Bonchev–Trinajstić information content (AvgIpc) is 3.46. The molecule has 0 radical (unpaired) electrons. The monoisotopic (exact) mass is 672 g/mol. The third-order valence-electron chi connectivity index (χ3n) is 15.1. The fraction of sp³-hybridized carbons (Fsp3) is 0.578. The molecule has 4 aromatic rings. The van der Waals surface area contributed by atoms with Crippen LogP contribution < -0.4 is 15.8 Å². The fourth-order valence-electron chi connectivity index (χ4n) is 12.4. The quantitative estimate of drug-likeness (QED) is 0.0762. The number of fused-ring (bicyclic) bond motifs is 5. The highest BCUT2D eigenvalue weighted by Gasteiger charge is 2.59. The van der Waals surface area contributed by atoms with E-state index in [9.17, 15) is 4.79 Å². The van der Waals surface area contributed by atoms with E-state index in [0.717, 1.165) is 48.7 Å². The highest BCUT2D eigenvalue weighted by atomic mass is 28.3. The Morgan fingerprint density at radius 2 is 1.55 bits per heavy atom. The molecule has 0 aromatic heterocycles. The fourth-order valence-corrected chi connectivity index (χ4v) is 14.9. The molecule has 260 valence electrons. The molecule has 3 fully saturated rings. The maximum atomic E-state index is 13.0. The van der Waals surface area contributed by atoms with Gasteiger partial charge in [0.2, 0.25) is 5.91 Å². The van der Waals surface area contributed by atoms with Gasteiger partial charge in [-0.2, -0.15) is 0 Å². The van der Waals surface area contributed by atoms with Crippen LogP contribution in [0, 0.1) is 46.3 Å². The lowest BCUT2D eigenvalue weighted by Gasteiger charge is -2.58. The number of hydrogen-bond donors (Lipinski definition) is 2. The van der Waals surface area contributed by atoms with Gasteiger partial charge >= 0.3 is 0 Å². The Balaban J connectivity index is 0.823. The van der Waals surface area contributed by atoms with Gasteiger partial charge in [0.1, 0.15) is 0 Å². The molecule has 4 aromatic carbocycles. The number of allylic oxidation sites excluding steroid dienone is 2. The van der Waals surface area contributed by atoms with Gasteiger partial charge in [0.15, 0.2) is 0 Å². The first-order valence-corrected chi connectivity index (χ1v) is 23.1. The first-order chi connectivity index (χ1) is 23.6. The van der Waals surface area contributed by atoms with Crippen LogP contribution in [0.1, 0.15) is 85.0 Å². The highest BCUT2D eigenvalue weighted by molar-refractivity contribution is 6.91. The summed E-state index contributed by atoms with van der Waals surface area (Å²) in [6.45, 7) is 14.2. The lowest BCUT2D eigenvalue weighted by molar-refractivity contribution is -0.121. The molecule has 0 heterocycles. The van der Waals surface area contributed by atoms with Gasteiger partial charge in [0.25, 0.3) is 0 Å². The second kappa shape index (κ2) is 12.8. The molecule has 8 rings (SSSR count). The van der Waals surface area contributed by atoms with Crippen LogP contribution in [0.2, 0.25) is 13.1 Å². The predicted octanol–water partition coefficient (Wildman–Crippen LogP) is 9.99. The van der Waals surface area contributed by atoms with Crippen molar-refractivity contribution in [2.75, 3.05) is 19.3 Å². The summed E-state index contributed by atoms with van der Waals surface area (Å²) in [4.78, 5) is 13.0. The van der Waals surface area contributed by atoms with E-state index in [0.29, 0.717) is 29.7 Å². The summed E-state index contributed by atoms with van der Waals surface area (Å²) in [6, 6.07) is 20.5. The molecule has 0 saturated heterocycles. The normalized spacial score (nSPS) is 31.9. The minimum absolute atomic E-state index is 0.229. The molecule has 3 saturated carbocycles. The number of benzene rings is 4. The van der Waals surface area contributed by atoms with Gasteiger partial charge in [-0.15, -0.1) is 0 Å². The van der Waals surface area contributed by atoms with Crippen LogP contribution in [-0.2, 0) is 4.79 Å². The molecule has 4 heteroatoms. The third-order valence-corrected chi connectivity index (χ3v) is 18.1. The molecule has 0 spiro atoms. The average molecular weight is 673 g/mol. The van der Waals surface area contributed by atoms with E-state index in [-0.39, 0.29) is 5.91 Å². The van der Waals surface area contributed by atoms with Crippen LogP contribution in [0.3, 0.4) is 0 Å².